The molecule has 1 aromatic carbocycles. The van der Waals surface area contributed by atoms with Crippen LogP contribution in [0.1, 0.15) is 40.0 Å². The van der Waals surface area contributed by atoms with Gasteiger partial charge in [0.2, 0.25) is 0 Å². The van der Waals surface area contributed by atoms with E-state index in [-0.39, 0.29) is 11.8 Å². The molecule has 0 aliphatic carbocycles. The molecule has 4 heteroatoms. The number of hydrogen-bond donors (Lipinski definition) is 0. The van der Waals surface area contributed by atoms with Crippen LogP contribution in [0.4, 0.5) is 10.1 Å². The third-order valence-electron chi connectivity index (χ3n) is 3.68. The first kappa shape index (κ1) is 15.8. The van der Waals surface area contributed by atoms with Gasteiger partial charge in [-0.2, -0.15) is 0 Å². The first-order valence-electron chi connectivity index (χ1n) is 7.56. The Morgan fingerprint density at radius 2 is 1.81 bits per heavy atom. The van der Waals surface area contributed by atoms with Gasteiger partial charge in [-0.3, -0.25) is 4.79 Å². The largest absolute Gasteiger partial charge is 0.460 e. The van der Waals surface area contributed by atoms with E-state index in [1.165, 1.54) is 12.1 Å². The van der Waals surface area contributed by atoms with Crippen LogP contribution in [0.25, 0.3) is 0 Å². The molecule has 2 rings (SSSR count). The second-order valence-corrected chi connectivity index (χ2v) is 6.70. The Balaban J connectivity index is 1.80. The molecule has 116 valence electrons. The summed E-state index contributed by atoms with van der Waals surface area (Å²) in [4.78, 5) is 14.1. The third-order valence-corrected chi connectivity index (χ3v) is 3.68. The van der Waals surface area contributed by atoms with E-state index in [2.05, 4.69) is 4.90 Å². The number of carbonyl (C=O) groups excluding carboxylic acids is 1. The van der Waals surface area contributed by atoms with Gasteiger partial charge in [0.1, 0.15) is 11.4 Å². The lowest BCUT2D eigenvalue weighted by molar-refractivity contribution is -0.156. The first-order chi connectivity index (χ1) is 9.83. The van der Waals surface area contributed by atoms with Crippen molar-refractivity contribution < 1.29 is 13.9 Å². The summed E-state index contributed by atoms with van der Waals surface area (Å²) >= 11 is 0. The van der Waals surface area contributed by atoms with E-state index in [0.717, 1.165) is 31.6 Å². The number of piperidine rings is 1. The molecule has 1 heterocycles. The normalized spacial score (nSPS) is 16.9. The molecule has 0 bridgehead atoms. The van der Waals surface area contributed by atoms with Crippen molar-refractivity contribution in [1.82, 2.24) is 0 Å². The molecule has 0 saturated carbocycles. The van der Waals surface area contributed by atoms with Crippen molar-refractivity contribution >= 4 is 11.7 Å². The monoisotopic (exact) mass is 293 g/mol. The highest BCUT2D eigenvalue weighted by Crippen LogP contribution is 2.26. The van der Waals surface area contributed by atoms with Crippen molar-refractivity contribution in [2.45, 2.75) is 45.6 Å². The molecular formula is C17H24FNO2. The summed E-state index contributed by atoms with van der Waals surface area (Å²) in [6.45, 7) is 7.48. The van der Waals surface area contributed by atoms with Gasteiger partial charge in [0.05, 0.1) is 0 Å². The van der Waals surface area contributed by atoms with E-state index in [9.17, 15) is 9.18 Å². The van der Waals surface area contributed by atoms with Crippen molar-refractivity contribution in [3.05, 3.63) is 30.1 Å². The Kier molecular flexibility index (Phi) is 4.86. The van der Waals surface area contributed by atoms with Crippen molar-refractivity contribution in [3.8, 4) is 0 Å². The first-order valence-corrected chi connectivity index (χ1v) is 7.56. The lowest BCUT2D eigenvalue weighted by atomic mass is 9.93. The highest BCUT2D eigenvalue weighted by Gasteiger charge is 2.24. The average Bonchev–Trinajstić information content (AvgIpc) is 2.38. The SMILES string of the molecule is CC(C)(C)OC(=O)CC1CCN(c2ccc(F)cc2)CC1. The lowest BCUT2D eigenvalue weighted by Gasteiger charge is -2.33. The Hall–Kier alpha value is -1.58. The zero-order chi connectivity index (χ0) is 15.5. The molecule has 0 spiro atoms. The van der Waals surface area contributed by atoms with Gasteiger partial charge in [-0.1, -0.05) is 0 Å². The summed E-state index contributed by atoms with van der Waals surface area (Å²) in [6.07, 6.45) is 2.43. The fourth-order valence-corrected chi connectivity index (χ4v) is 2.67. The van der Waals surface area contributed by atoms with E-state index in [1.54, 1.807) is 0 Å². The predicted octanol–water partition coefficient (Wildman–Crippen LogP) is 3.77. The van der Waals surface area contributed by atoms with Gasteiger partial charge in [0, 0.05) is 25.2 Å². The van der Waals surface area contributed by atoms with E-state index in [1.807, 2.05) is 32.9 Å². The Morgan fingerprint density at radius 3 is 2.33 bits per heavy atom. The smallest absolute Gasteiger partial charge is 0.306 e. The van der Waals surface area contributed by atoms with Crippen LogP contribution in [-0.2, 0) is 9.53 Å². The average molecular weight is 293 g/mol. The molecule has 0 amide bonds. The van der Waals surface area contributed by atoms with Crippen LogP contribution in [0.5, 0.6) is 0 Å². The second kappa shape index (κ2) is 6.46. The molecule has 1 aromatic rings. The molecule has 3 nitrogen and oxygen atoms in total. The van der Waals surface area contributed by atoms with Crippen molar-refractivity contribution in [1.29, 1.82) is 0 Å². The van der Waals surface area contributed by atoms with E-state index >= 15 is 0 Å². The molecule has 1 saturated heterocycles. The number of anilines is 1. The summed E-state index contributed by atoms with van der Waals surface area (Å²) in [6, 6.07) is 6.59. The number of hydrogen-bond acceptors (Lipinski definition) is 3. The van der Waals surface area contributed by atoms with Crippen molar-refractivity contribution in [3.63, 3.8) is 0 Å². The number of esters is 1. The minimum Gasteiger partial charge on any atom is -0.460 e. The lowest BCUT2D eigenvalue weighted by Crippen LogP contribution is -2.35. The number of benzene rings is 1. The quantitative estimate of drug-likeness (QED) is 0.794. The third kappa shape index (κ3) is 5.03. The summed E-state index contributed by atoms with van der Waals surface area (Å²) in [5.74, 6) is 0.0674. The van der Waals surface area contributed by atoms with E-state index in [0.29, 0.717) is 12.3 Å². The van der Waals surface area contributed by atoms with Crippen LogP contribution in [0.3, 0.4) is 0 Å². The summed E-state index contributed by atoms with van der Waals surface area (Å²) in [7, 11) is 0. The second-order valence-electron chi connectivity index (χ2n) is 6.70. The summed E-state index contributed by atoms with van der Waals surface area (Å²) in [5.41, 5.74) is 0.637. The van der Waals surface area contributed by atoms with E-state index < -0.39 is 5.60 Å². The Labute approximate surface area is 126 Å². The molecule has 21 heavy (non-hydrogen) atoms. The van der Waals surface area contributed by atoms with Crippen LogP contribution >= 0.6 is 0 Å². The van der Waals surface area contributed by atoms with Crippen LogP contribution in [0.2, 0.25) is 0 Å². The zero-order valence-electron chi connectivity index (χ0n) is 13.1. The molecule has 1 fully saturated rings. The van der Waals surface area contributed by atoms with Gasteiger partial charge in [0.15, 0.2) is 0 Å². The number of rotatable bonds is 3. The predicted molar refractivity (Wildman–Crippen MR) is 81.8 cm³/mol. The molecular weight excluding hydrogens is 269 g/mol. The van der Waals surface area contributed by atoms with E-state index in [4.69, 9.17) is 4.74 Å². The molecule has 1 aliphatic rings. The summed E-state index contributed by atoms with van der Waals surface area (Å²) < 4.78 is 18.3. The fourth-order valence-electron chi connectivity index (χ4n) is 2.67. The maximum Gasteiger partial charge on any atom is 0.306 e. The highest BCUT2D eigenvalue weighted by molar-refractivity contribution is 5.70. The van der Waals surface area contributed by atoms with Crippen LogP contribution in [0.15, 0.2) is 24.3 Å². The summed E-state index contributed by atoms with van der Waals surface area (Å²) in [5, 5.41) is 0. The molecule has 0 N–H and O–H groups in total. The van der Waals surface area contributed by atoms with Crippen molar-refractivity contribution in [2.24, 2.45) is 5.92 Å². The Bertz CT molecular complexity index is 471. The van der Waals surface area contributed by atoms with Gasteiger partial charge >= 0.3 is 5.97 Å². The molecule has 0 aromatic heterocycles. The molecule has 0 unspecified atom stereocenters. The van der Waals surface area contributed by atoms with Gasteiger partial charge < -0.3 is 9.64 Å². The topological polar surface area (TPSA) is 29.5 Å². The maximum absolute atomic E-state index is 12.9. The van der Waals surface area contributed by atoms with Crippen molar-refractivity contribution in [2.75, 3.05) is 18.0 Å². The van der Waals surface area contributed by atoms with Crippen LogP contribution in [0, 0.1) is 11.7 Å². The number of ether oxygens (including phenoxy) is 1. The minimum atomic E-state index is -0.411. The van der Waals surface area contributed by atoms with Gasteiger partial charge in [-0.05, 0) is 63.8 Å². The minimum absolute atomic E-state index is 0.109. The number of nitrogens with zero attached hydrogens (tertiary/aromatic N) is 1. The zero-order valence-corrected chi connectivity index (χ0v) is 13.1. The molecule has 0 radical (unpaired) electrons. The van der Waals surface area contributed by atoms with Gasteiger partial charge in [-0.15, -0.1) is 0 Å². The molecule has 1 aliphatic heterocycles. The van der Waals surface area contributed by atoms with Gasteiger partial charge in [0.25, 0.3) is 0 Å². The molecule has 0 atom stereocenters. The Morgan fingerprint density at radius 1 is 1.24 bits per heavy atom. The van der Waals surface area contributed by atoms with Gasteiger partial charge in [-0.25, -0.2) is 4.39 Å². The number of carbonyl (C=O) groups is 1. The number of halogens is 1. The van der Waals surface area contributed by atoms with Crippen LogP contribution in [-0.4, -0.2) is 24.7 Å². The standard InChI is InChI=1S/C17H24FNO2/c1-17(2,3)21-16(20)12-13-8-10-19(11-9-13)15-6-4-14(18)5-7-15/h4-7,13H,8-12H2,1-3H3. The van der Waals surface area contributed by atoms with Crippen LogP contribution < -0.4 is 4.90 Å². The fraction of sp³-hybridized carbons (Fsp3) is 0.588. The highest BCUT2D eigenvalue weighted by atomic mass is 19.1. The maximum atomic E-state index is 12.9.